The molecule has 2 rings (SSSR count). The lowest BCUT2D eigenvalue weighted by molar-refractivity contribution is -0.153. The number of alkyl halides is 4. The van der Waals surface area contributed by atoms with Crippen LogP contribution in [0, 0.1) is 0 Å². The van der Waals surface area contributed by atoms with E-state index >= 15 is 0 Å². The maximum absolute atomic E-state index is 14.2. The molecule has 1 aromatic rings. The highest BCUT2D eigenvalue weighted by Crippen LogP contribution is 2.31. The number of carboxylic acid groups (broad SMARTS) is 1. The highest BCUT2D eigenvalue weighted by molar-refractivity contribution is 5.89. The minimum atomic E-state index is -4.57. The molecular formula is C15H15F4NO4. The lowest BCUT2D eigenvalue weighted by Gasteiger charge is -2.34. The summed E-state index contributed by atoms with van der Waals surface area (Å²) in [6, 6.07) is 3.03. The Morgan fingerprint density at radius 1 is 1.17 bits per heavy atom. The van der Waals surface area contributed by atoms with Crippen LogP contribution < -0.4 is 5.32 Å². The van der Waals surface area contributed by atoms with Crippen LogP contribution in [-0.4, -0.2) is 35.7 Å². The molecule has 0 spiro atoms. The zero-order valence-corrected chi connectivity index (χ0v) is 12.4. The van der Waals surface area contributed by atoms with Crippen LogP contribution in [0.25, 0.3) is 0 Å². The molecular weight excluding hydrogens is 334 g/mol. The van der Waals surface area contributed by atoms with Crippen molar-refractivity contribution >= 4 is 11.9 Å². The van der Waals surface area contributed by atoms with Gasteiger partial charge in [0.05, 0.1) is 5.56 Å². The maximum atomic E-state index is 14.2. The number of ether oxygens (including phenoxy) is 1. The van der Waals surface area contributed by atoms with Crippen LogP contribution in [0.15, 0.2) is 24.3 Å². The van der Waals surface area contributed by atoms with Gasteiger partial charge in [-0.25, -0.2) is 9.18 Å². The van der Waals surface area contributed by atoms with Gasteiger partial charge in [-0.05, 0) is 17.7 Å². The van der Waals surface area contributed by atoms with Gasteiger partial charge in [-0.1, -0.05) is 12.1 Å². The topological polar surface area (TPSA) is 75.6 Å². The third-order valence-corrected chi connectivity index (χ3v) is 3.88. The second-order valence-electron chi connectivity index (χ2n) is 5.47. The molecule has 9 heteroatoms. The number of hydrogen-bond donors (Lipinski definition) is 2. The summed E-state index contributed by atoms with van der Waals surface area (Å²) in [7, 11) is 0. The molecule has 0 aromatic heterocycles. The van der Waals surface area contributed by atoms with Gasteiger partial charge in [0.2, 0.25) is 6.17 Å². The molecule has 1 aromatic carbocycles. The Balaban J connectivity index is 2.12. The van der Waals surface area contributed by atoms with Crippen LogP contribution in [0.5, 0.6) is 0 Å². The summed E-state index contributed by atoms with van der Waals surface area (Å²) in [5.41, 5.74) is -2.88. The van der Waals surface area contributed by atoms with Crippen LogP contribution in [-0.2, 0) is 20.5 Å². The Morgan fingerprint density at radius 2 is 1.71 bits per heavy atom. The molecule has 1 atom stereocenters. The fourth-order valence-corrected chi connectivity index (χ4v) is 2.40. The zero-order chi connectivity index (χ0) is 18.0. The second-order valence-corrected chi connectivity index (χ2v) is 5.47. The van der Waals surface area contributed by atoms with Gasteiger partial charge < -0.3 is 15.2 Å². The Hall–Kier alpha value is -2.16. The summed E-state index contributed by atoms with van der Waals surface area (Å²) in [4.78, 5) is 23.4. The molecule has 1 saturated heterocycles. The van der Waals surface area contributed by atoms with E-state index < -0.39 is 35.3 Å². The van der Waals surface area contributed by atoms with E-state index in [-0.39, 0.29) is 31.6 Å². The highest BCUT2D eigenvalue weighted by Gasteiger charge is 2.43. The van der Waals surface area contributed by atoms with E-state index in [1.54, 1.807) is 0 Å². The minimum absolute atomic E-state index is 0.0200. The van der Waals surface area contributed by atoms with Gasteiger partial charge in [0.15, 0.2) is 0 Å². The fraction of sp³-hybridized carbons (Fsp3) is 0.467. The van der Waals surface area contributed by atoms with E-state index in [1.165, 1.54) is 0 Å². The van der Waals surface area contributed by atoms with E-state index in [9.17, 15) is 32.3 Å². The van der Waals surface area contributed by atoms with E-state index in [1.807, 2.05) is 0 Å². The van der Waals surface area contributed by atoms with Crippen molar-refractivity contribution in [3.8, 4) is 0 Å². The number of carbonyl (C=O) groups is 2. The number of amides is 1. The molecule has 0 radical (unpaired) electrons. The van der Waals surface area contributed by atoms with Crippen LogP contribution in [0.4, 0.5) is 17.6 Å². The first-order valence-corrected chi connectivity index (χ1v) is 7.10. The van der Waals surface area contributed by atoms with E-state index in [4.69, 9.17) is 4.74 Å². The number of carbonyl (C=O) groups excluding carboxylic acids is 1. The van der Waals surface area contributed by atoms with Gasteiger partial charge in [-0.15, -0.1) is 0 Å². The van der Waals surface area contributed by atoms with E-state index in [2.05, 4.69) is 5.32 Å². The fourth-order valence-electron chi connectivity index (χ4n) is 2.40. The first-order valence-electron chi connectivity index (χ1n) is 7.10. The summed E-state index contributed by atoms with van der Waals surface area (Å²) < 4.78 is 56.7. The number of benzene rings is 1. The summed E-state index contributed by atoms with van der Waals surface area (Å²) >= 11 is 0. The molecule has 0 saturated carbocycles. The van der Waals surface area contributed by atoms with Gasteiger partial charge >= 0.3 is 12.1 Å². The summed E-state index contributed by atoms with van der Waals surface area (Å²) in [6.07, 6.45) is -6.88. The third-order valence-electron chi connectivity index (χ3n) is 3.88. The van der Waals surface area contributed by atoms with Crippen molar-refractivity contribution in [2.24, 2.45) is 0 Å². The molecule has 1 unspecified atom stereocenters. The Morgan fingerprint density at radius 3 is 2.17 bits per heavy atom. The molecule has 1 fully saturated rings. The van der Waals surface area contributed by atoms with Crippen molar-refractivity contribution in [2.75, 3.05) is 13.2 Å². The number of aliphatic carboxylic acids is 1. The van der Waals surface area contributed by atoms with Crippen molar-refractivity contribution < 1.29 is 37.0 Å². The van der Waals surface area contributed by atoms with Crippen LogP contribution >= 0.6 is 0 Å². The molecule has 1 aliphatic rings. The normalized spacial score (nSPS) is 18.7. The average molecular weight is 349 g/mol. The maximum Gasteiger partial charge on any atom is 0.416 e. The predicted octanol–water partition coefficient (Wildman–Crippen LogP) is 2.47. The van der Waals surface area contributed by atoms with Crippen LogP contribution in [0.1, 0.15) is 30.1 Å². The lowest BCUT2D eigenvalue weighted by Crippen LogP contribution is -2.58. The van der Waals surface area contributed by atoms with Gasteiger partial charge in [0.1, 0.15) is 5.54 Å². The van der Waals surface area contributed by atoms with Crippen molar-refractivity contribution in [3.63, 3.8) is 0 Å². The lowest BCUT2D eigenvalue weighted by atomic mass is 9.89. The Kier molecular flexibility index (Phi) is 5.12. The minimum Gasteiger partial charge on any atom is -0.480 e. The Labute approximate surface area is 134 Å². The number of carboxylic acids is 1. The molecule has 1 heterocycles. The predicted molar refractivity (Wildman–Crippen MR) is 73.9 cm³/mol. The molecule has 0 bridgehead atoms. The molecule has 1 aliphatic heterocycles. The van der Waals surface area contributed by atoms with Crippen molar-refractivity contribution in [3.05, 3.63) is 35.4 Å². The number of rotatable bonds is 4. The SMILES string of the molecule is O=C(NC1(C(=O)O)CCOCC1)C(F)c1ccc(C(F)(F)F)cc1. The first kappa shape index (κ1) is 18.2. The van der Waals surface area contributed by atoms with Crippen molar-refractivity contribution in [1.29, 1.82) is 0 Å². The molecule has 2 N–H and O–H groups in total. The largest absolute Gasteiger partial charge is 0.480 e. The monoisotopic (exact) mass is 349 g/mol. The Bertz CT molecular complexity index is 609. The van der Waals surface area contributed by atoms with Crippen LogP contribution in [0.3, 0.4) is 0 Å². The highest BCUT2D eigenvalue weighted by atomic mass is 19.4. The summed E-state index contributed by atoms with van der Waals surface area (Å²) in [5.74, 6) is -2.52. The summed E-state index contributed by atoms with van der Waals surface area (Å²) in [6.45, 7) is 0.202. The van der Waals surface area contributed by atoms with E-state index in [0.717, 1.165) is 12.1 Å². The van der Waals surface area contributed by atoms with Crippen molar-refractivity contribution in [1.82, 2.24) is 5.32 Å². The molecule has 0 aliphatic carbocycles. The second kappa shape index (κ2) is 6.76. The number of nitrogens with one attached hydrogen (secondary N) is 1. The van der Waals surface area contributed by atoms with Crippen molar-refractivity contribution in [2.45, 2.75) is 30.7 Å². The molecule has 5 nitrogen and oxygen atoms in total. The average Bonchev–Trinajstić information content (AvgIpc) is 2.54. The first-order chi connectivity index (χ1) is 11.2. The number of halogens is 4. The molecule has 1 amide bonds. The standard InChI is InChI=1S/C15H15F4NO4/c16-11(9-1-3-10(4-2-9)15(17,18)19)12(21)20-14(13(22)23)5-7-24-8-6-14/h1-4,11H,5-8H2,(H,20,21)(H,22,23). The smallest absolute Gasteiger partial charge is 0.416 e. The quantitative estimate of drug-likeness (QED) is 0.819. The van der Waals surface area contributed by atoms with Gasteiger partial charge in [0, 0.05) is 26.1 Å². The van der Waals surface area contributed by atoms with Gasteiger partial charge in [0.25, 0.3) is 5.91 Å². The van der Waals surface area contributed by atoms with Crippen LogP contribution in [0.2, 0.25) is 0 Å². The van der Waals surface area contributed by atoms with E-state index in [0.29, 0.717) is 12.1 Å². The van der Waals surface area contributed by atoms with Gasteiger partial charge in [-0.3, -0.25) is 4.79 Å². The zero-order valence-electron chi connectivity index (χ0n) is 12.4. The number of hydrogen-bond acceptors (Lipinski definition) is 3. The van der Waals surface area contributed by atoms with Gasteiger partial charge in [-0.2, -0.15) is 13.2 Å². The third kappa shape index (κ3) is 3.84. The molecule has 24 heavy (non-hydrogen) atoms. The molecule has 132 valence electrons. The summed E-state index contributed by atoms with van der Waals surface area (Å²) in [5, 5.41) is 11.5.